The predicted octanol–water partition coefficient (Wildman–Crippen LogP) is 1.69. The van der Waals surface area contributed by atoms with Gasteiger partial charge in [0.15, 0.2) is 17.4 Å². The van der Waals surface area contributed by atoms with Crippen LogP contribution < -0.4 is 16.2 Å². The molecule has 0 saturated carbocycles. The fourth-order valence-corrected chi connectivity index (χ4v) is 5.55. The third-order valence-corrected chi connectivity index (χ3v) is 6.96. The number of anilines is 1. The molecule has 194 valence electrons. The third-order valence-electron chi connectivity index (χ3n) is 5.51. The van der Waals surface area contributed by atoms with E-state index in [1.165, 1.54) is 6.33 Å². The van der Waals surface area contributed by atoms with Gasteiger partial charge in [0.05, 0.1) is 37.8 Å². The van der Waals surface area contributed by atoms with Crippen LogP contribution in [-0.4, -0.2) is 69.2 Å². The number of rotatable bonds is 9. The fourth-order valence-electron chi connectivity index (χ4n) is 4.03. The summed E-state index contributed by atoms with van der Waals surface area (Å²) in [5.74, 6) is -0.109. The first kappa shape index (κ1) is 25.7. The summed E-state index contributed by atoms with van der Waals surface area (Å²) in [6, 6.07) is 0. The molecule has 35 heavy (non-hydrogen) atoms. The van der Waals surface area contributed by atoms with Crippen LogP contribution in [0.5, 0.6) is 5.88 Å². The Morgan fingerprint density at radius 3 is 2.89 bits per heavy atom. The van der Waals surface area contributed by atoms with E-state index in [4.69, 9.17) is 39.2 Å². The SMILES string of the molecule is CCOc1nc(N)nc2c1ncn2[C@@H]1O[C@@H]2CO[P@@](=O)(OCCCC(=O)OC(C)C)O[C@H]2[C@@]1(C)N. The lowest BCUT2D eigenvalue weighted by Crippen LogP contribution is -2.54. The summed E-state index contributed by atoms with van der Waals surface area (Å²) in [4.78, 5) is 24.4. The van der Waals surface area contributed by atoms with Gasteiger partial charge in [-0.25, -0.2) is 9.55 Å². The molecule has 0 amide bonds. The molecule has 0 bridgehead atoms. The molecule has 0 spiro atoms. The molecular weight excluding hydrogens is 483 g/mol. The number of phosphoric acid groups is 1. The minimum absolute atomic E-state index is 0.00611. The number of nitrogen functional groups attached to an aromatic ring is 1. The molecule has 2 aliphatic rings. The van der Waals surface area contributed by atoms with Crippen molar-refractivity contribution >= 4 is 30.9 Å². The second-order valence-electron chi connectivity index (χ2n) is 8.78. The van der Waals surface area contributed by atoms with E-state index in [1.807, 2.05) is 6.92 Å². The average molecular weight is 514 g/mol. The van der Waals surface area contributed by atoms with E-state index in [0.29, 0.717) is 24.2 Å². The average Bonchev–Trinajstić information content (AvgIpc) is 3.29. The molecular formula is C20H31N6O8P. The number of nitrogens with zero attached hydrogens (tertiary/aromatic N) is 4. The summed E-state index contributed by atoms with van der Waals surface area (Å²) in [5.41, 5.74) is 12.1. The van der Waals surface area contributed by atoms with Crippen molar-refractivity contribution in [1.29, 1.82) is 0 Å². The number of esters is 1. The second-order valence-corrected chi connectivity index (χ2v) is 10.4. The minimum atomic E-state index is -3.93. The summed E-state index contributed by atoms with van der Waals surface area (Å²) in [6.07, 6.45) is -0.534. The van der Waals surface area contributed by atoms with E-state index in [0.717, 1.165) is 0 Å². The van der Waals surface area contributed by atoms with Crippen LogP contribution in [0.25, 0.3) is 11.2 Å². The smallest absolute Gasteiger partial charge is 0.475 e. The van der Waals surface area contributed by atoms with Gasteiger partial charge < -0.3 is 25.7 Å². The molecule has 4 N–H and O–H groups in total. The molecule has 2 aromatic heterocycles. The molecule has 0 aromatic carbocycles. The van der Waals surface area contributed by atoms with Gasteiger partial charge in [-0.2, -0.15) is 9.97 Å². The number of phosphoric ester groups is 1. The van der Waals surface area contributed by atoms with Crippen LogP contribution in [0, 0.1) is 0 Å². The Bertz CT molecular complexity index is 1120. The van der Waals surface area contributed by atoms with Crippen LogP contribution in [0.1, 0.15) is 46.8 Å². The maximum atomic E-state index is 13.1. The number of nitrogens with two attached hydrogens (primary N) is 2. The lowest BCUT2D eigenvalue weighted by atomic mass is 9.93. The van der Waals surface area contributed by atoms with Crippen LogP contribution in [0.3, 0.4) is 0 Å². The fraction of sp³-hybridized carbons (Fsp3) is 0.700. The minimum Gasteiger partial charge on any atom is -0.476 e. The Balaban J connectivity index is 1.47. The van der Waals surface area contributed by atoms with Gasteiger partial charge in [-0.15, -0.1) is 0 Å². The number of ether oxygens (including phenoxy) is 3. The van der Waals surface area contributed by atoms with Crippen molar-refractivity contribution in [3.05, 3.63) is 6.33 Å². The van der Waals surface area contributed by atoms with Gasteiger partial charge in [-0.3, -0.25) is 22.9 Å². The topological polar surface area (TPSA) is 185 Å². The number of hydrogen-bond acceptors (Lipinski definition) is 13. The third kappa shape index (κ3) is 5.27. The maximum absolute atomic E-state index is 13.1. The first-order valence-corrected chi connectivity index (χ1v) is 12.8. The van der Waals surface area contributed by atoms with Gasteiger partial charge >= 0.3 is 13.8 Å². The molecule has 4 heterocycles. The van der Waals surface area contributed by atoms with Crippen molar-refractivity contribution in [1.82, 2.24) is 19.5 Å². The van der Waals surface area contributed by atoms with E-state index >= 15 is 0 Å². The highest BCUT2D eigenvalue weighted by Crippen LogP contribution is 2.58. The molecule has 2 aromatic rings. The molecule has 4 rings (SSSR count). The van der Waals surface area contributed by atoms with Crippen molar-refractivity contribution in [2.24, 2.45) is 5.73 Å². The number of imidazole rings is 1. The summed E-state index contributed by atoms with van der Waals surface area (Å²) in [7, 11) is -3.93. The van der Waals surface area contributed by atoms with Crippen molar-refractivity contribution in [3.63, 3.8) is 0 Å². The molecule has 15 heteroatoms. The zero-order chi connectivity index (χ0) is 25.4. The number of hydrogen-bond donors (Lipinski definition) is 2. The van der Waals surface area contributed by atoms with Crippen LogP contribution in [0.15, 0.2) is 6.33 Å². The first-order chi connectivity index (χ1) is 16.5. The normalized spacial score (nSPS) is 30.5. The summed E-state index contributed by atoms with van der Waals surface area (Å²) >= 11 is 0. The predicted molar refractivity (Wildman–Crippen MR) is 122 cm³/mol. The maximum Gasteiger partial charge on any atom is 0.475 e. The second kappa shape index (κ2) is 9.96. The zero-order valence-corrected chi connectivity index (χ0v) is 21.0. The lowest BCUT2D eigenvalue weighted by molar-refractivity contribution is -0.147. The van der Waals surface area contributed by atoms with E-state index in [9.17, 15) is 9.36 Å². The molecule has 0 aliphatic carbocycles. The van der Waals surface area contributed by atoms with Gasteiger partial charge in [0.2, 0.25) is 11.8 Å². The van der Waals surface area contributed by atoms with Gasteiger partial charge in [-0.05, 0) is 34.1 Å². The zero-order valence-electron chi connectivity index (χ0n) is 20.1. The van der Waals surface area contributed by atoms with Crippen LogP contribution >= 0.6 is 7.82 Å². The van der Waals surface area contributed by atoms with E-state index in [-0.39, 0.29) is 43.5 Å². The molecule has 5 atom stereocenters. The molecule has 2 saturated heterocycles. The highest BCUT2D eigenvalue weighted by atomic mass is 31.2. The number of aromatic nitrogens is 4. The van der Waals surface area contributed by atoms with Crippen molar-refractivity contribution in [3.8, 4) is 5.88 Å². The largest absolute Gasteiger partial charge is 0.476 e. The summed E-state index contributed by atoms with van der Waals surface area (Å²) in [5, 5.41) is 0. The Morgan fingerprint density at radius 2 is 2.17 bits per heavy atom. The van der Waals surface area contributed by atoms with Crippen LogP contribution in [-0.2, 0) is 32.4 Å². The highest BCUT2D eigenvalue weighted by molar-refractivity contribution is 7.48. The Kier molecular flexibility index (Phi) is 7.32. The number of fused-ring (bicyclic) bond motifs is 2. The van der Waals surface area contributed by atoms with Crippen LogP contribution in [0.2, 0.25) is 0 Å². The molecule has 2 aliphatic heterocycles. The van der Waals surface area contributed by atoms with Crippen LogP contribution in [0.4, 0.5) is 5.95 Å². The van der Waals surface area contributed by atoms with Gasteiger partial charge in [0.1, 0.15) is 12.2 Å². The monoisotopic (exact) mass is 514 g/mol. The van der Waals surface area contributed by atoms with Crippen molar-refractivity contribution in [2.75, 3.05) is 25.6 Å². The van der Waals surface area contributed by atoms with Gasteiger partial charge in [0.25, 0.3) is 0 Å². The van der Waals surface area contributed by atoms with E-state index < -0.39 is 31.8 Å². The quantitative estimate of drug-likeness (QED) is 0.280. The Labute approximate surface area is 202 Å². The Hall–Kier alpha value is -2.35. The molecule has 2 fully saturated rings. The van der Waals surface area contributed by atoms with E-state index in [2.05, 4.69) is 15.0 Å². The summed E-state index contributed by atoms with van der Waals surface area (Å²) < 4.78 is 48.0. The van der Waals surface area contributed by atoms with Gasteiger partial charge in [-0.1, -0.05) is 0 Å². The first-order valence-electron chi connectivity index (χ1n) is 11.4. The number of carbonyl (C=O) groups is 1. The van der Waals surface area contributed by atoms with Gasteiger partial charge in [0, 0.05) is 6.42 Å². The Morgan fingerprint density at radius 1 is 1.40 bits per heavy atom. The van der Waals surface area contributed by atoms with E-state index in [1.54, 1.807) is 25.3 Å². The molecule has 0 unspecified atom stereocenters. The standard InChI is InChI=1S/C20H31N6O8P/c1-5-29-17-14-16(24-19(21)25-17)26(10-23-14)18-20(4,22)15-12(33-18)9-31-35(28,34-15)30-8-6-7-13(27)32-11(2)3/h10-12,15,18H,5-9,22H2,1-4H3,(H2,21,24,25)/t12-,15-,18-,20-,35-/m1/s1. The molecule has 0 radical (unpaired) electrons. The summed E-state index contributed by atoms with van der Waals surface area (Å²) in [6.45, 7) is 7.35. The number of carbonyl (C=O) groups excluding carboxylic acids is 1. The lowest BCUT2D eigenvalue weighted by Gasteiger charge is -2.35. The highest BCUT2D eigenvalue weighted by Gasteiger charge is 2.59. The van der Waals surface area contributed by atoms with Crippen molar-refractivity contribution in [2.45, 2.75) is 70.6 Å². The van der Waals surface area contributed by atoms with Crippen molar-refractivity contribution < 1.29 is 37.1 Å². The molecule has 14 nitrogen and oxygen atoms in total.